The van der Waals surface area contributed by atoms with Crippen molar-refractivity contribution in [1.29, 1.82) is 0 Å². The van der Waals surface area contributed by atoms with Crippen molar-refractivity contribution in [3.05, 3.63) is 42.1 Å². The predicted octanol–water partition coefficient (Wildman–Crippen LogP) is 1.10. The van der Waals surface area contributed by atoms with Gasteiger partial charge < -0.3 is 9.80 Å². The summed E-state index contributed by atoms with van der Waals surface area (Å²) in [7, 11) is 1.94. The number of nitrogens with zero attached hydrogens (tertiary/aromatic N) is 5. The van der Waals surface area contributed by atoms with E-state index in [1.165, 1.54) is 0 Å². The number of amides is 2. The minimum atomic E-state index is -0.340. The first kappa shape index (κ1) is 17.4. The van der Waals surface area contributed by atoms with Gasteiger partial charge >= 0.3 is 0 Å². The molecule has 28 heavy (non-hydrogen) atoms. The van der Waals surface area contributed by atoms with Crippen molar-refractivity contribution in [3.8, 4) is 11.3 Å². The highest BCUT2D eigenvalue weighted by atomic mass is 16.2. The summed E-state index contributed by atoms with van der Waals surface area (Å²) in [5.41, 5.74) is 3.23. The van der Waals surface area contributed by atoms with Crippen molar-refractivity contribution >= 4 is 11.8 Å². The fourth-order valence-electron chi connectivity index (χ4n) is 4.86. The van der Waals surface area contributed by atoms with E-state index in [9.17, 15) is 9.59 Å². The summed E-state index contributed by atoms with van der Waals surface area (Å²) in [6, 6.07) is 9.63. The predicted molar refractivity (Wildman–Crippen MR) is 104 cm³/mol. The van der Waals surface area contributed by atoms with E-state index in [4.69, 9.17) is 0 Å². The third-order valence-electron chi connectivity index (χ3n) is 6.20. The number of aromatic nitrogens is 2. The summed E-state index contributed by atoms with van der Waals surface area (Å²) in [4.78, 5) is 31.7. The van der Waals surface area contributed by atoms with Crippen LogP contribution in [0.2, 0.25) is 0 Å². The molecule has 2 atom stereocenters. The second-order valence-electron chi connectivity index (χ2n) is 8.01. The third-order valence-corrected chi connectivity index (χ3v) is 6.20. The third kappa shape index (κ3) is 2.81. The molecule has 3 aliphatic rings. The fourth-order valence-corrected chi connectivity index (χ4v) is 4.86. The highest BCUT2D eigenvalue weighted by molar-refractivity contribution is 5.97. The SMILES string of the molecule is Cn1cc(CN2CCN3C(=O)[C@@H]4CCCN4C(=O)[C@H]3C2)c(-c2ccccc2)n1. The standard InChI is InChI=1S/C21H25N5O2/c1-23-12-16(19(22-23)15-6-3-2-4-7-15)13-24-10-11-26-18(14-24)21(28)25-9-5-8-17(25)20(26)27/h2-4,6-7,12,17-18H,5,8-11,13-14H2,1H3/t17-,18+/m0/s1. The molecule has 0 bridgehead atoms. The first-order chi connectivity index (χ1) is 13.6. The van der Waals surface area contributed by atoms with Crippen LogP contribution in [0.1, 0.15) is 18.4 Å². The first-order valence-corrected chi connectivity index (χ1v) is 10.0. The first-order valence-electron chi connectivity index (χ1n) is 10.0. The Labute approximate surface area is 164 Å². The molecule has 0 radical (unpaired) electrons. The van der Waals surface area contributed by atoms with Crippen LogP contribution in [0, 0.1) is 0 Å². The molecule has 0 N–H and O–H groups in total. The van der Waals surface area contributed by atoms with Crippen LogP contribution in [-0.4, -0.2) is 74.6 Å². The van der Waals surface area contributed by atoms with Gasteiger partial charge in [-0.25, -0.2) is 0 Å². The van der Waals surface area contributed by atoms with Gasteiger partial charge in [-0.1, -0.05) is 30.3 Å². The second kappa shape index (κ2) is 6.74. The van der Waals surface area contributed by atoms with Crippen LogP contribution in [0.3, 0.4) is 0 Å². The van der Waals surface area contributed by atoms with Crippen molar-refractivity contribution in [1.82, 2.24) is 24.5 Å². The van der Waals surface area contributed by atoms with E-state index >= 15 is 0 Å². The average molecular weight is 379 g/mol. The maximum absolute atomic E-state index is 13.0. The van der Waals surface area contributed by atoms with Crippen LogP contribution in [0.4, 0.5) is 0 Å². The molecule has 3 fully saturated rings. The van der Waals surface area contributed by atoms with Crippen LogP contribution in [0.15, 0.2) is 36.5 Å². The van der Waals surface area contributed by atoms with Gasteiger partial charge in [0.2, 0.25) is 11.8 Å². The maximum atomic E-state index is 13.0. The minimum absolute atomic E-state index is 0.126. The van der Waals surface area contributed by atoms with E-state index in [1.54, 1.807) is 0 Å². The number of piperazine rings is 2. The summed E-state index contributed by atoms with van der Waals surface area (Å²) < 4.78 is 1.85. The topological polar surface area (TPSA) is 61.7 Å². The molecule has 2 aromatic rings. The minimum Gasteiger partial charge on any atom is -0.329 e. The molecule has 0 aliphatic carbocycles. The molecule has 4 heterocycles. The number of hydrogen-bond acceptors (Lipinski definition) is 4. The molecule has 1 aromatic carbocycles. The van der Waals surface area contributed by atoms with E-state index in [0.29, 0.717) is 13.1 Å². The van der Waals surface area contributed by atoms with Gasteiger partial charge in [0, 0.05) is 57.1 Å². The molecule has 0 saturated carbocycles. The van der Waals surface area contributed by atoms with E-state index < -0.39 is 0 Å². The van der Waals surface area contributed by atoms with Gasteiger partial charge in [0.25, 0.3) is 0 Å². The smallest absolute Gasteiger partial charge is 0.247 e. The number of carbonyl (C=O) groups is 2. The number of aryl methyl sites for hydroxylation is 1. The number of benzene rings is 1. The summed E-state index contributed by atoms with van der Waals surface area (Å²) in [5.74, 6) is 0.273. The lowest BCUT2D eigenvalue weighted by Crippen LogP contribution is -2.68. The van der Waals surface area contributed by atoms with Crippen molar-refractivity contribution in [2.75, 3.05) is 26.2 Å². The van der Waals surface area contributed by atoms with Gasteiger partial charge in [0.05, 0.1) is 5.69 Å². The van der Waals surface area contributed by atoms with Gasteiger partial charge in [-0.2, -0.15) is 5.10 Å². The van der Waals surface area contributed by atoms with Crippen LogP contribution in [0.25, 0.3) is 11.3 Å². The van der Waals surface area contributed by atoms with Gasteiger partial charge in [-0.15, -0.1) is 0 Å². The zero-order chi connectivity index (χ0) is 19.3. The van der Waals surface area contributed by atoms with Gasteiger partial charge in [-0.3, -0.25) is 19.2 Å². The van der Waals surface area contributed by atoms with E-state index in [-0.39, 0.29) is 23.9 Å². The van der Waals surface area contributed by atoms with Crippen LogP contribution < -0.4 is 0 Å². The highest BCUT2D eigenvalue weighted by Gasteiger charge is 2.49. The number of rotatable bonds is 3. The second-order valence-corrected chi connectivity index (χ2v) is 8.01. The molecule has 2 amide bonds. The quantitative estimate of drug-likeness (QED) is 0.801. The summed E-state index contributed by atoms with van der Waals surface area (Å²) >= 11 is 0. The van der Waals surface area contributed by atoms with Gasteiger partial charge in [0.1, 0.15) is 12.1 Å². The zero-order valence-corrected chi connectivity index (χ0v) is 16.1. The normalized spacial score (nSPS) is 25.2. The Kier molecular flexibility index (Phi) is 4.19. The van der Waals surface area contributed by atoms with Crippen LogP contribution >= 0.6 is 0 Å². The molecule has 5 rings (SSSR count). The molecule has 7 nitrogen and oxygen atoms in total. The monoisotopic (exact) mass is 379 g/mol. The fraction of sp³-hybridized carbons (Fsp3) is 0.476. The molecular formula is C21H25N5O2. The largest absolute Gasteiger partial charge is 0.329 e. The number of hydrogen-bond donors (Lipinski definition) is 0. The van der Waals surface area contributed by atoms with Crippen molar-refractivity contribution in [2.24, 2.45) is 7.05 Å². The Morgan fingerprint density at radius 2 is 1.75 bits per heavy atom. The lowest BCUT2D eigenvalue weighted by molar-refractivity contribution is -0.163. The van der Waals surface area contributed by atoms with Crippen LogP contribution in [0.5, 0.6) is 0 Å². The van der Waals surface area contributed by atoms with E-state index in [2.05, 4.69) is 28.3 Å². The molecule has 7 heteroatoms. The Morgan fingerprint density at radius 3 is 2.57 bits per heavy atom. The summed E-state index contributed by atoms with van der Waals surface area (Å²) in [5, 5.41) is 4.65. The van der Waals surface area contributed by atoms with Crippen molar-refractivity contribution in [3.63, 3.8) is 0 Å². The van der Waals surface area contributed by atoms with Gasteiger partial charge in [-0.05, 0) is 12.8 Å². The molecule has 0 spiro atoms. The van der Waals surface area contributed by atoms with Crippen molar-refractivity contribution in [2.45, 2.75) is 31.5 Å². The molecular weight excluding hydrogens is 354 g/mol. The highest BCUT2D eigenvalue weighted by Crippen LogP contribution is 2.30. The van der Waals surface area contributed by atoms with Crippen LogP contribution in [-0.2, 0) is 23.2 Å². The summed E-state index contributed by atoms with van der Waals surface area (Å²) in [6.45, 7) is 3.45. The number of carbonyl (C=O) groups excluding carboxylic acids is 2. The van der Waals surface area contributed by atoms with Crippen molar-refractivity contribution < 1.29 is 9.59 Å². The Hall–Kier alpha value is -2.67. The average Bonchev–Trinajstić information content (AvgIpc) is 3.34. The zero-order valence-electron chi connectivity index (χ0n) is 16.1. The summed E-state index contributed by atoms with van der Waals surface area (Å²) in [6.07, 6.45) is 3.80. The Balaban J connectivity index is 1.36. The molecule has 3 saturated heterocycles. The molecule has 3 aliphatic heterocycles. The Bertz CT molecular complexity index is 909. The van der Waals surface area contributed by atoms with E-state index in [0.717, 1.165) is 49.3 Å². The molecule has 1 aromatic heterocycles. The molecule has 146 valence electrons. The lowest BCUT2D eigenvalue weighted by atomic mass is 10.0. The van der Waals surface area contributed by atoms with E-state index in [1.807, 2.05) is 39.7 Å². The lowest BCUT2D eigenvalue weighted by Gasteiger charge is -2.47. The molecule has 0 unspecified atom stereocenters. The van der Waals surface area contributed by atoms with Gasteiger partial charge in [0.15, 0.2) is 0 Å². The maximum Gasteiger partial charge on any atom is 0.247 e. The number of fused-ring (bicyclic) bond motifs is 2. The Morgan fingerprint density at radius 1 is 1.00 bits per heavy atom.